The van der Waals surface area contributed by atoms with Crippen LogP contribution in [-0.2, 0) is 4.79 Å². The normalized spacial score (nSPS) is 12.2. The third kappa shape index (κ3) is 4.02. The van der Waals surface area contributed by atoms with Crippen molar-refractivity contribution in [2.24, 2.45) is 11.7 Å². The quantitative estimate of drug-likeness (QED) is 0.849. The highest BCUT2D eigenvalue weighted by atomic mass is 35.5. The first-order chi connectivity index (χ1) is 8.06. The maximum absolute atomic E-state index is 11.9. The van der Waals surface area contributed by atoms with Crippen LogP contribution < -0.4 is 11.1 Å². The van der Waals surface area contributed by atoms with Crippen molar-refractivity contribution in [3.05, 3.63) is 28.8 Å². The van der Waals surface area contributed by atoms with Crippen molar-refractivity contribution in [2.45, 2.75) is 26.7 Å². The molecule has 4 heteroatoms. The summed E-state index contributed by atoms with van der Waals surface area (Å²) >= 11 is 6.05. The SMILES string of the molecule is Cc1cccc(Cl)c1NC(=O)C(C)CCCN. The van der Waals surface area contributed by atoms with Crippen molar-refractivity contribution in [2.75, 3.05) is 11.9 Å². The van der Waals surface area contributed by atoms with E-state index >= 15 is 0 Å². The number of amides is 1. The zero-order valence-electron chi connectivity index (χ0n) is 10.3. The van der Waals surface area contributed by atoms with Gasteiger partial charge in [0.05, 0.1) is 10.7 Å². The van der Waals surface area contributed by atoms with Gasteiger partial charge in [0.15, 0.2) is 0 Å². The molecule has 0 aliphatic rings. The molecule has 0 aliphatic carbocycles. The lowest BCUT2D eigenvalue weighted by atomic mass is 10.0. The van der Waals surface area contributed by atoms with Crippen molar-refractivity contribution in [1.82, 2.24) is 0 Å². The van der Waals surface area contributed by atoms with Crippen molar-refractivity contribution in [1.29, 1.82) is 0 Å². The second kappa shape index (κ2) is 6.62. The van der Waals surface area contributed by atoms with Gasteiger partial charge < -0.3 is 11.1 Å². The molecule has 0 heterocycles. The number of hydrogen-bond donors (Lipinski definition) is 2. The number of hydrogen-bond acceptors (Lipinski definition) is 2. The zero-order chi connectivity index (χ0) is 12.8. The maximum Gasteiger partial charge on any atom is 0.227 e. The molecule has 0 aromatic heterocycles. The minimum absolute atomic E-state index is 0.00495. The van der Waals surface area contributed by atoms with Crippen molar-refractivity contribution in [3.8, 4) is 0 Å². The summed E-state index contributed by atoms with van der Waals surface area (Å²) in [5.74, 6) is -0.0520. The fourth-order valence-electron chi connectivity index (χ4n) is 1.59. The molecule has 0 saturated carbocycles. The second-order valence-electron chi connectivity index (χ2n) is 4.25. The molecule has 94 valence electrons. The molecule has 17 heavy (non-hydrogen) atoms. The molecular formula is C13H19ClN2O. The summed E-state index contributed by atoms with van der Waals surface area (Å²) in [6.45, 7) is 4.44. The van der Waals surface area contributed by atoms with Gasteiger partial charge in [-0.15, -0.1) is 0 Å². The predicted molar refractivity (Wildman–Crippen MR) is 72.3 cm³/mol. The molecule has 0 aliphatic heterocycles. The Labute approximate surface area is 107 Å². The smallest absolute Gasteiger partial charge is 0.227 e. The number of para-hydroxylation sites is 1. The molecule has 1 aromatic rings. The Morgan fingerprint density at radius 2 is 2.24 bits per heavy atom. The number of rotatable bonds is 5. The van der Waals surface area contributed by atoms with Crippen LogP contribution in [0.5, 0.6) is 0 Å². The molecule has 1 unspecified atom stereocenters. The topological polar surface area (TPSA) is 55.1 Å². The first-order valence-corrected chi connectivity index (χ1v) is 6.20. The summed E-state index contributed by atoms with van der Waals surface area (Å²) in [6, 6.07) is 5.56. The van der Waals surface area contributed by atoms with Crippen LogP contribution >= 0.6 is 11.6 Å². The lowest BCUT2D eigenvalue weighted by Crippen LogP contribution is -2.21. The Morgan fingerprint density at radius 3 is 2.82 bits per heavy atom. The summed E-state index contributed by atoms with van der Waals surface area (Å²) in [5, 5.41) is 3.45. The van der Waals surface area contributed by atoms with E-state index in [0.717, 1.165) is 18.4 Å². The Bertz CT molecular complexity index is 373. The van der Waals surface area contributed by atoms with Crippen LogP contribution in [0.2, 0.25) is 5.02 Å². The Kier molecular flexibility index (Phi) is 5.45. The van der Waals surface area contributed by atoms with Gasteiger partial charge in [-0.25, -0.2) is 0 Å². The Balaban J connectivity index is 2.68. The highest BCUT2D eigenvalue weighted by molar-refractivity contribution is 6.33. The van der Waals surface area contributed by atoms with E-state index in [9.17, 15) is 4.79 Å². The molecule has 0 saturated heterocycles. The molecular weight excluding hydrogens is 236 g/mol. The molecule has 0 bridgehead atoms. The van der Waals surface area contributed by atoms with Crippen molar-refractivity contribution < 1.29 is 4.79 Å². The van der Waals surface area contributed by atoms with E-state index in [0.29, 0.717) is 17.3 Å². The summed E-state index contributed by atoms with van der Waals surface area (Å²) in [5.41, 5.74) is 7.10. The predicted octanol–water partition coefficient (Wildman–Crippen LogP) is 2.96. The first kappa shape index (κ1) is 14.0. The number of nitrogens with one attached hydrogen (secondary N) is 1. The van der Waals surface area contributed by atoms with Gasteiger partial charge in [0, 0.05) is 5.92 Å². The number of aryl methyl sites for hydroxylation is 1. The summed E-state index contributed by atoms with van der Waals surface area (Å²) in [4.78, 5) is 11.9. The van der Waals surface area contributed by atoms with Gasteiger partial charge in [0.25, 0.3) is 0 Å². The monoisotopic (exact) mass is 254 g/mol. The molecule has 3 nitrogen and oxygen atoms in total. The molecule has 1 rings (SSSR count). The molecule has 0 fully saturated rings. The van der Waals surface area contributed by atoms with E-state index in [-0.39, 0.29) is 11.8 Å². The molecule has 1 atom stereocenters. The van der Waals surface area contributed by atoms with Gasteiger partial charge >= 0.3 is 0 Å². The van der Waals surface area contributed by atoms with Gasteiger partial charge in [-0.05, 0) is 37.9 Å². The van der Waals surface area contributed by atoms with Crippen LogP contribution in [0.3, 0.4) is 0 Å². The van der Waals surface area contributed by atoms with Crippen molar-refractivity contribution in [3.63, 3.8) is 0 Å². The van der Waals surface area contributed by atoms with Crippen LogP contribution in [0, 0.1) is 12.8 Å². The van der Waals surface area contributed by atoms with E-state index in [2.05, 4.69) is 5.32 Å². The highest BCUT2D eigenvalue weighted by Crippen LogP contribution is 2.26. The minimum Gasteiger partial charge on any atom is -0.330 e. The largest absolute Gasteiger partial charge is 0.330 e. The van der Waals surface area contributed by atoms with Crippen LogP contribution in [0.4, 0.5) is 5.69 Å². The van der Waals surface area contributed by atoms with Gasteiger partial charge in [-0.1, -0.05) is 30.7 Å². The summed E-state index contributed by atoms with van der Waals surface area (Å²) < 4.78 is 0. The number of nitrogens with two attached hydrogens (primary N) is 1. The average Bonchev–Trinajstić information content (AvgIpc) is 2.30. The average molecular weight is 255 g/mol. The maximum atomic E-state index is 11.9. The fourth-order valence-corrected chi connectivity index (χ4v) is 1.86. The number of carbonyl (C=O) groups is 1. The summed E-state index contributed by atoms with van der Waals surface area (Å²) in [7, 11) is 0. The fraction of sp³-hybridized carbons (Fsp3) is 0.462. The Morgan fingerprint density at radius 1 is 1.53 bits per heavy atom. The number of halogens is 1. The van der Waals surface area contributed by atoms with Crippen LogP contribution in [0.25, 0.3) is 0 Å². The van der Waals surface area contributed by atoms with E-state index in [4.69, 9.17) is 17.3 Å². The number of benzene rings is 1. The van der Waals surface area contributed by atoms with Gasteiger partial charge in [0.2, 0.25) is 5.91 Å². The van der Waals surface area contributed by atoms with Gasteiger partial charge in [0.1, 0.15) is 0 Å². The van der Waals surface area contributed by atoms with Crippen molar-refractivity contribution >= 4 is 23.2 Å². The Hall–Kier alpha value is -1.06. The number of carbonyl (C=O) groups excluding carboxylic acids is 1. The molecule has 0 radical (unpaired) electrons. The lowest BCUT2D eigenvalue weighted by Gasteiger charge is -2.14. The minimum atomic E-state index is -0.0470. The first-order valence-electron chi connectivity index (χ1n) is 5.82. The molecule has 1 amide bonds. The highest BCUT2D eigenvalue weighted by Gasteiger charge is 2.14. The van der Waals surface area contributed by atoms with E-state index in [1.165, 1.54) is 0 Å². The molecule has 0 spiro atoms. The summed E-state index contributed by atoms with van der Waals surface area (Å²) in [6.07, 6.45) is 1.65. The second-order valence-corrected chi connectivity index (χ2v) is 4.66. The molecule has 1 aromatic carbocycles. The zero-order valence-corrected chi connectivity index (χ0v) is 11.1. The number of anilines is 1. The van der Waals surface area contributed by atoms with E-state index in [1.807, 2.05) is 26.0 Å². The van der Waals surface area contributed by atoms with Gasteiger partial charge in [-0.3, -0.25) is 4.79 Å². The third-order valence-corrected chi connectivity index (χ3v) is 3.07. The third-order valence-electron chi connectivity index (χ3n) is 2.76. The van der Waals surface area contributed by atoms with Crippen LogP contribution in [0.15, 0.2) is 18.2 Å². The van der Waals surface area contributed by atoms with Crippen LogP contribution in [-0.4, -0.2) is 12.5 Å². The standard InChI is InChI=1S/C13H19ClN2O/c1-9-5-3-7-11(14)12(9)16-13(17)10(2)6-4-8-15/h3,5,7,10H,4,6,8,15H2,1-2H3,(H,16,17). The lowest BCUT2D eigenvalue weighted by molar-refractivity contribution is -0.119. The van der Waals surface area contributed by atoms with Crippen LogP contribution in [0.1, 0.15) is 25.3 Å². The van der Waals surface area contributed by atoms with E-state index < -0.39 is 0 Å². The van der Waals surface area contributed by atoms with Gasteiger partial charge in [-0.2, -0.15) is 0 Å². The molecule has 3 N–H and O–H groups in total. The van der Waals surface area contributed by atoms with E-state index in [1.54, 1.807) is 6.07 Å².